The number of nitrogens with one attached hydrogen (secondary N) is 1. The number of amides is 1. The minimum atomic E-state index is -1.18. The third-order valence-corrected chi connectivity index (χ3v) is 4.77. The van der Waals surface area contributed by atoms with Crippen molar-refractivity contribution >= 4 is 34.2 Å². The molecule has 2 aromatic rings. The number of esters is 1. The van der Waals surface area contributed by atoms with E-state index in [0.29, 0.717) is 10.6 Å². The van der Waals surface area contributed by atoms with Gasteiger partial charge in [0.1, 0.15) is 16.7 Å². The molecule has 1 amide bonds. The predicted molar refractivity (Wildman–Crippen MR) is 87.7 cm³/mol. The van der Waals surface area contributed by atoms with Gasteiger partial charge in [0.15, 0.2) is 0 Å². The van der Waals surface area contributed by atoms with E-state index >= 15 is 0 Å². The molecular formula is C15H17N3O5S. The first kappa shape index (κ1) is 17.7. The van der Waals surface area contributed by atoms with Crippen LogP contribution < -0.4 is 5.32 Å². The molecule has 1 unspecified atom stereocenters. The van der Waals surface area contributed by atoms with Gasteiger partial charge in [-0.05, 0) is 32.4 Å². The molecule has 8 nitrogen and oxygen atoms in total. The average molecular weight is 351 g/mol. The van der Waals surface area contributed by atoms with Gasteiger partial charge >= 0.3 is 11.9 Å². The maximum Gasteiger partial charge on any atom is 0.354 e. The molecule has 0 bridgehead atoms. The second-order valence-electron chi connectivity index (χ2n) is 5.11. The lowest BCUT2D eigenvalue weighted by molar-refractivity contribution is -0.119. The zero-order chi connectivity index (χ0) is 18.0. The molecule has 0 saturated carbocycles. The number of rotatable bonds is 5. The Morgan fingerprint density at radius 3 is 2.62 bits per heavy atom. The lowest BCUT2D eigenvalue weighted by Gasteiger charge is -2.14. The van der Waals surface area contributed by atoms with Gasteiger partial charge in [0.05, 0.1) is 12.7 Å². The summed E-state index contributed by atoms with van der Waals surface area (Å²) in [7, 11) is 1.27. The van der Waals surface area contributed by atoms with Crippen LogP contribution in [0.25, 0.3) is 0 Å². The fourth-order valence-electron chi connectivity index (χ4n) is 2.18. The molecule has 24 heavy (non-hydrogen) atoms. The van der Waals surface area contributed by atoms with E-state index in [1.807, 2.05) is 6.92 Å². The average Bonchev–Trinajstić information content (AvgIpc) is 3.12. The smallest absolute Gasteiger partial charge is 0.354 e. The Hall–Kier alpha value is -2.68. The van der Waals surface area contributed by atoms with Gasteiger partial charge < -0.3 is 15.2 Å². The summed E-state index contributed by atoms with van der Waals surface area (Å²) in [6.45, 7) is 5.13. The first-order valence-electron chi connectivity index (χ1n) is 7.03. The van der Waals surface area contributed by atoms with Crippen molar-refractivity contribution in [2.75, 3.05) is 12.4 Å². The lowest BCUT2D eigenvalue weighted by atomic mass is 10.1. The number of anilines is 1. The highest BCUT2D eigenvalue weighted by Crippen LogP contribution is 2.33. The van der Waals surface area contributed by atoms with Crippen molar-refractivity contribution < 1.29 is 24.2 Å². The Balaban J connectivity index is 2.30. The zero-order valence-electron chi connectivity index (χ0n) is 13.6. The number of methoxy groups -OCH3 is 1. The van der Waals surface area contributed by atoms with E-state index in [2.05, 4.69) is 10.4 Å². The largest absolute Gasteiger partial charge is 0.477 e. The number of aromatic carboxylic acids is 1. The van der Waals surface area contributed by atoms with Crippen LogP contribution >= 0.6 is 11.3 Å². The molecule has 0 saturated heterocycles. The second kappa shape index (κ2) is 6.83. The maximum absolute atomic E-state index is 12.5. The highest BCUT2D eigenvalue weighted by atomic mass is 32.1. The van der Waals surface area contributed by atoms with Crippen molar-refractivity contribution in [3.63, 3.8) is 0 Å². The number of hydrogen-bond donors (Lipinski definition) is 2. The fourth-order valence-corrected chi connectivity index (χ4v) is 3.23. The molecule has 0 aliphatic carbocycles. The van der Waals surface area contributed by atoms with Gasteiger partial charge in [-0.15, -0.1) is 11.3 Å². The van der Waals surface area contributed by atoms with Crippen molar-refractivity contribution in [2.45, 2.75) is 26.8 Å². The number of nitrogens with zero attached hydrogens (tertiary/aromatic N) is 2. The first-order chi connectivity index (χ1) is 11.3. The Morgan fingerprint density at radius 1 is 1.38 bits per heavy atom. The molecule has 2 N–H and O–H groups in total. The van der Waals surface area contributed by atoms with Crippen LogP contribution in [0.5, 0.6) is 0 Å². The predicted octanol–water partition coefficient (Wildman–Crippen LogP) is 2.25. The van der Waals surface area contributed by atoms with Crippen LogP contribution in [0.1, 0.15) is 44.3 Å². The molecule has 0 aliphatic rings. The SMILES string of the molecule is COC(=O)c1c(NC(=O)C(C)n2nccc2C(=O)O)sc(C)c1C. The fraction of sp³-hybridized carbons (Fsp3) is 0.333. The molecule has 0 fully saturated rings. The van der Waals surface area contributed by atoms with Crippen LogP contribution in [0.2, 0.25) is 0 Å². The molecule has 2 rings (SSSR count). The third-order valence-electron chi connectivity index (χ3n) is 3.65. The highest BCUT2D eigenvalue weighted by Gasteiger charge is 2.26. The summed E-state index contributed by atoms with van der Waals surface area (Å²) in [5.74, 6) is -2.19. The number of aromatic nitrogens is 2. The van der Waals surface area contributed by atoms with Crippen LogP contribution in [-0.4, -0.2) is 39.8 Å². The number of carbonyl (C=O) groups is 3. The molecular weight excluding hydrogens is 334 g/mol. The molecule has 128 valence electrons. The first-order valence-corrected chi connectivity index (χ1v) is 7.85. The van der Waals surface area contributed by atoms with Crippen LogP contribution in [0.15, 0.2) is 12.3 Å². The molecule has 9 heteroatoms. The van der Waals surface area contributed by atoms with E-state index in [9.17, 15) is 14.4 Å². The van der Waals surface area contributed by atoms with Gasteiger partial charge in [-0.25, -0.2) is 14.3 Å². The Morgan fingerprint density at radius 2 is 2.04 bits per heavy atom. The monoisotopic (exact) mass is 351 g/mol. The van der Waals surface area contributed by atoms with Crippen LogP contribution in [-0.2, 0) is 9.53 Å². The summed E-state index contributed by atoms with van der Waals surface area (Å²) in [5.41, 5.74) is 0.948. The van der Waals surface area contributed by atoms with E-state index < -0.39 is 23.9 Å². The van der Waals surface area contributed by atoms with E-state index in [1.165, 1.54) is 37.6 Å². The Bertz CT molecular complexity index is 808. The van der Waals surface area contributed by atoms with Crippen LogP contribution in [0.4, 0.5) is 5.00 Å². The topological polar surface area (TPSA) is 111 Å². The van der Waals surface area contributed by atoms with Crippen molar-refractivity contribution in [1.82, 2.24) is 9.78 Å². The summed E-state index contributed by atoms with van der Waals surface area (Å²) >= 11 is 1.26. The molecule has 0 radical (unpaired) electrons. The molecule has 0 aromatic carbocycles. The molecule has 2 aromatic heterocycles. The summed E-state index contributed by atoms with van der Waals surface area (Å²) in [6, 6.07) is 0.449. The molecule has 0 spiro atoms. The summed E-state index contributed by atoms with van der Waals surface area (Å²) in [4.78, 5) is 36.4. The van der Waals surface area contributed by atoms with E-state index in [1.54, 1.807) is 6.92 Å². The van der Waals surface area contributed by atoms with E-state index in [0.717, 1.165) is 15.1 Å². The minimum Gasteiger partial charge on any atom is -0.477 e. The van der Waals surface area contributed by atoms with Gasteiger partial charge in [-0.2, -0.15) is 5.10 Å². The van der Waals surface area contributed by atoms with Crippen molar-refractivity contribution in [3.8, 4) is 0 Å². The summed E-state index contributed by atoms with van der Waals surface area (Å²) in [5, 5.41) is 16.0. The molecule has 1 atom stereocenters. The van der Waals surface area contributed by atoms with Crippen molar-refractivity contribution in [3.05, 3.63) is 34.0 Å². The normalized spacial score (nSPS) is 11.8. The lowest BCUT2D eigenvalue weighted by Crippen LogP contribution is -2.27. The summed E-state index contributed by atoms with van der Waals surface area (Å²) < 4.78 is 5.87. The standard InChI is InChI=1S/C15H17N3O5S/c1-7-9(3)24-13(11(7)15(22)23-4)17-12(19)8(2)18-10(14(20)21)5-6-16-18/h5-6,8H,1-4H3,(H,17,19)(H,20,21). The maximum atomic E-state index is 12.5. The minimum absolute atomic E-state index is 0.0932. The third kappa shape index (κ3) is 3.16. The molecule has 0 aliphatic heterocycles. The number of carboxylic acids is 1. The highest BCUT2D eigenvalue weighted by molar-refractivity contribution is 7.16. The van der Waals surface area contributed by atoms with E-state index in [-0.39, 0.29) is 5.69 Å². The van der Waals surface area contributed by atoms with Crippen molar-refractivity contribution in [1.29, 1.82) is 0 Å². The van der Waals surface area contributed by atoms with Gasteiger partial charge in [-0.1, -0.05) is 0 Å². The number of aryl methyl sites for hydroxylation is 1. The summed E-state index contributed by atoms with van der Waals surface area (Å²) in [6.07, 6.45) is 1.31. The van der Waals surface area contributed by atoms with Gasteiger partial charge in [0.25, 0.3) is 0 Å². The van der Waals surface area contributed by atoms with Crippen LogP contribution in [0.3, 0.4) is 0 Å². The number of carbonyl (C=O) groups excluding carboxylic acids is 2. The quantitative estimate of drug-likeness (QED) is 0.799. The number of thiophene rings is 1. The number of carboxylic acid groups (broad SMARTS) is 1. The van der Waals surface area contributed by atoms with E-state index in [4.69, 9.17) is 9.84 Å². The zero-order valence-corrected chi connectivity index (χ0v) is 14.4. The molecule has 2 heterocycles. The second-order valence-corrected chi connectivity index (χ2v) is 6.34. The Kier molecular flexibility index (Phi) is 5.03. The number of ether oxygens (including phenoxy) is 1. The Labute approximate surface area is 142 Å². The number of hydrogen-bond acceptors (Lipinski definition) is 6. The van der Waals surface area contributed by atoms with Crippen molar-refractivity contribution in [2.24, 2.45) is 0 Å². The van der Waals surface area contributed by atoms with Crippen LogP contribution in [0, 0.1) is 13.8 Å². The van der Waals surface area contributed by atoms with Gasteiger partial charge in [0, 0.05) is 11.1 Å². The van der Waals surface area contributed by atoms with Gasteiger partial charge in [0.2, 0.25) is 5.91 Å². The van der Waals surface area contributed by atoms with Gasteiger partial charge in [-0.3, -0.25) is 4.79 Å².